The molecule has 305 valence electrons. The molecule has 0 unspecified atom stereocenters. The predicted octanol–water partition coefficient (Wildman–Crippen LogP) is 10.8. The third kappa shape index (κ3) is 16.2. The van der Waals surface area contributed by atoms with E-state index in [1.54, 1.807) is 66.7 Å². The molecule has 0 aliphatic rings. The Bertz CT molecular complexity index is 2350. The van der Waals surface area contributed by atoms with Gasteiger partial charge in [-0.05, 0) is 38.1 Å². The van der Waals surface area contributed by atoms with E-state index in [2.05, 4.69) is 72.1 Å². The third-order valence-electron chi connectivity index (χ3n) is 7.29. The van der Waals surface area contributed by atoms with Crippen LogP contribution in [0.1, 0.15) is 59.5 Å². The Kier molecular flexibility index (Phi) is 21.6. The van der Waals surface area contributed by atoms with Gasteiger partial charge in [-0.1, -0.05) is 132 Å². The summed E-state index contributed by atoms with van der Waals surface area (Å²) in [4.78, 5) is 32.6. The summed E-state index contributed by atoms with van der Waals surface area (Å²) < 4.78 is 6.10. The number of nitrogens with zero attached hydrogens (tertiary/aromatic N) is 6. The summed E-state index contributed by atoms with van der Waals surface area (Å²) in [6.07, 6.45) is 2.96. The Morgan fingerprint density at radius 2 is 1.10 bits per heavy atom. The number of hydrazone groups is 2. The number of hydrogen-bond acceptors (Lipinski definition) is 11. The molecule has 0 atom stereocenters. The maximum atomic E-state index is 12.3. The SMILES string of the molecule is CC(C)I.CC(C)OC(=O)c1ccccc1/C=N/N(C)c1nc(-c2ccccc2Cl)cs1.CN(/N=C/c1ccccc1C(=O)O)c1nc(-c2ccccc2Cl)cs1.[B][B][B]. The Hall–Kier alpha value is -4.48. The van der Waals surface area contributed by atoms with Gasteiger partial charge in [0.05, 0.1) is 41.0 Å². The molecule has 0 spiro atoms. The highest BCUT2D eigenvalue weighted by Crippen LogP contribution is 2.33. The molecule has 10 nitrogen and oxygen atoms in total. The number of halogens is 3. The van der Waals surface area contributed by atoms with Gasteiger partial charge in [0.2, 0.25) is 10.3 Å². The molecule has 0 aliphatic heterocycles. The zero-order valence-electron chi connectivity index (χ0n) is 33.7. The lowest BCUT2D eigenvalue weighted by Crippen LogP contribution is -2.14. The fraction of sp³-hybridized carbons (Fsp3) is 0.190. The van der Waals surface area contributed by atoms with Crippen molar-refractivity contribution in [2.75, 3.05) is 24.1 Å². The summed E-state index contributed by atoms with van der Waals surface area (Å²) >= 11 is 17.7. The summed E-state index contributed by atoms with van der Waals surface area (Å²) in [5.41, 5.74) is 5.21. The molecule has 1 N–H and O–H groups in total. The lowest BCUT2D eigenvalue weighted by Gasteiger charge is -2.11. The summed E-state index contributed by atoms with van der Waals surface area (Å²) in [5.74, 6) is -1.35. The van der Waals surface area contributed by atoms with Gasteiger partial charge in [0.25, 0.3) is 0 Å². The van der Waals surface area contributed by atoms with E-state index in [1.165, 1.54) is 28.9 Å². The first-order valence-electron chi connectivity index (χ1n) is 18.1. The van der Waals surface area contributed by atoms with E-state index in [1.807, 2.05) is 85.3 Å². The standard InChI is InChI=1S/C21H20ClN3O2S.C18H14ClN3O2S.C3H7I.B3/c1-14(2)27-20(26)16-9-5-4-8-15(16)12-23-25(3)21-24-19(13-28-21)17-10-6-7-11-18(17)22;1-22(20-10-12-6-2-3-7-13(12)17(23)24)18-21-16(11-25-18)14-8-4-5-9-15(14)19;1-3(2)4;1-3-2/h4-14H,1-3H3;2-11H,1H3,(H,23,24);3H,1-2H3;/b23-12+;20-10+;;. The number of ether oxygens (including phenoxy) is 1. The molecule has 0 amide bonds. The smallest absolute Gasteiger partial charge is 0.339 e. The number of carbonyl (C=O) groups is 2. The van der Waals surface area contributed by atoms with Crippen molar-refractivity contribution in [3.8, 4) is 22.5 Å². The Morgan fingerprint density at radius 1 is 0.733 bits per heavy atom. The molecule has 18 heteroatoms. The van der Waals surface area contributed by atoms with Gasteiger partial charge in [-0.3, -0.25) is 0 Å². The van der Waals surface area contributed by atoms with E-state index in [9.17, 15) is 14.7 Å². The van der Waals surface area contributed by atoms with Crippen molar-refractivity contribution in [3.05, 3.63) is 140 Å². The van der Waals surface area contributed by atoms with Gasteiger partial charge < -0.3 is 9.84 Å². The minimum Gasteiger partial charge on any atom is -0.478 e. The monoisotopic (exact) mass is 987 g/mol. The average Bonchev–Trinajstić information content (AvgIpc) is 3.91. The maximum absolute atomic E-state index is 12.3. The van der Waals surface area contributed by atoms with Gasteiger partial charge in [0.15, 0.2) is 0 Å². The van der Waals surface area contributed by atoms with Crippen LogP contribution in [0.4, 0.5) is 10.3 Å². The van der Waals surface area contributed by atoms with E-state index >= 15 is 0 Å². The van der Waals surface area contributed by atoms with Crippen molar-refractivity contribution < 1.29 is 19.4 Å². The Balaban J connectivity index is 0.000000279. The maximum Gasteiger partial charge on any atom is 0.339 e. The minimum atomic E-state index is -0.986. The fourth-order valence-corrected chi connectivity index (χ4v) is 6.64. The molecule has 6 aromatic rings. The van der Waals surface area contributed by atoms with Crippen LogP contribution in [-0.4, -0.2) is 86.1 Å². The number of esters is 1. The number of alkyl halides is 1. The highest BCUT2D eigenvalue weighted by atomic mass is 127. The number of carbonyl (C=O) groups excluding carboxylic acids is 1. The molecule has 6 rings (SSSR count). The first-order chi connectivity index (χ1) is 28.7. The number of carboxylic acids is 1. The van der Waals surface area contributed by atoms with Gasteiger partial charge >= 0.3 is 11.9 Å². The van der Waals surface area contributed by atoms with Crippen LogP contribution in [0.3, 0.4) is 0 Å². The van der Waals surface area contributed by atoms with Crippen molar-refractivity contribution in [3.63, 3.8) is 0 Å². The molecule has 5 radical (unpaired) electrons. The first-order valence-corrected chi connectivity index (χ1v) is 21.9. The number of thiazole rings is 2. The molecule has 60 heavy (non-hydrogen) atoms. The summed E-state index contributed by atoms with van der Waals surface area (Å²) in [6, 6.07) is 29.0. The van der Waals surface area contributed by atoms with Gasteiger partial charge in [0, 0.05) is 83.6 Å². The lowest BCUT2D eigenvalue weighted by atomic mass is 9.40. The van der Waals surface area contributed by atoms with Gasteiger partial charge in [-0.2, -0.15) is 10.2 Å². The second-order valence-corrected chi connectivity index (χ2v) is 17.6. The molecule has 4 aromatic carbocycles. The second kappa shape index (κ2) is 26.0. The van der Waals surface area contributed by atoms with E-state index in [0.717, 1.165) is 33.5 Å². The van der Waals surface area contributed by atoms with Crippen LogP contribution in [0, 0.1) is 0 Å². The predicted molar refractivity (Wildman–Crippen MR) is 264 cm³/mol. The number of aromatic nitrogens is 2. The van der Waals surface area contributed by atoms with Gasteiger partial charge in [0.1, 0.15) is 0 Å². The second-order valence-electron chi connectivity index (χ2n) is 12.7. The summed E-state index contributed by atoms with van der Waals surface area (Å²) in [6.45, 7) is 7.95. The van der Waals surface area contributed by atoms with Crippen LogP contribution in [-0.2, 0) is 4.74 Å². The molecule has 2 heterocycles. The molecule has 0 fully saturated rings. The highest BCUT2D eigenvalue weighted by Gasteiger charge is 2.15. The molecular formula is C42H41B3Cl2IN6O4S2. The molecular weight excluding hydrogens is 947 g/mol. The topological polar surface area (TPSA) is 121 Å². The molecule has 0 saturated carbocycles. The molecule has 0 bridgehead atoms. The molecule has 2 aromatic heterocycles. The molecule has 0 aliphatic carbocycles. The van der Waals surface area contributed by atoms with Crippen LogP contribution in [0.25, 0.3) is 22.5 Å². The van der Waals surface area contributed by atoms with E-state index < -0.39 is 5.97 Å². The van der Waals surface area contributed by atoms with Crippen LogP contribution >= 0.6 is 68.5 Å². The van der Waals surface area contributed by atoms with Crippen molar-refractivity contribution in [2.24, 2.45) is 10.2 Å². The zero-order valence-corrected chi connectivity index (χ0v) is 39.0. The van der Waals surface area contributed by atoms with Gasteiger partial charge in [-0.15, -0.1) is 22.7 Å². The summed E-state index contributed by atoms with van der Waals surface area (Å²) in [7, 11) is 13.6. The number of anilines is 2. The zero-order chi connectivity index (χ0) is 44.2. The number of aromatic carboxylic acids is 1. The van der Waals surface area contributed by atoms with Crippen LogP contribution in [0.2, 0.25) is 10.0 Å². The van der Waals surface area contributed by atoms with Crippen molar-refractivity contribution >= 4 is 126 Å². The van der Waals surface area contributed by atoms with Crippen LogP contribution in [0.5, 0.6) is 0 Å². The van der Waals surface area contributed by atoms with E-state index in [4.69, 9.17) is 27.9 Å². The van der Waals surface area contributed by atoms with Crippen LogP contribution in [0.15, 0.2) is 118 Å². The normalized spacial score (nSPS) is 10.6. The Labute approximate surface area is 386 Å². The van der Waals surface area contributed by atoms with Crippen LogP contribution < -0.4 is 10.0 Å². The number of benzene rings is 4. The van der Waals surface area contributed by atoms with Crippen molar-refractivity contribution in [1.82, 2.24) is 9.97 Å². The number of rotatable bonds is 11. The van der Waals surface area contributed by atoms with Crippen molar-refractivity contribution in [1.29, 1.82) is 0 Å². The largest absolute Gasteiger partial charge is 0.478 e. The first kappa shape index (κ1) is 49.9. The number of carboxylic acid groups (broad SMARTS) is 1. The van der Waals surface area contributed by atoms with E-state index in [-0.39, 0.29) is 17.6 Å². The number of hydrogen-bond donors (Lipinski definition) is 1. The summed E-state index contributed by atoms with van der Waals surface area (Å²) in [5, 5.41) is 27.7. The minimum absolute atomic E-state index is 0.182. The lowest BCUT2D eigenvalue weighted by molar-refractivity contribution is 0.0377. The molecule has 0 saturated heterocycles. The third-order valence-corrected chi connectivity index (χ3v) is 9.77. The highest BCUT2D eigenvalue weighted by molar-refractivity contribution is 14.1. The fourth-order valence-electron chi connectivity index (χ4n) is 4.68. The van der Waals surface area contributed by atoms with Gasteiger partial charge in [-0.25, -0.2) is 29.6 Å². The van der Waals surface area contributed by atoms with Crippen molar-refractivity contribution in [2.45, 2.75) is 37.7 Å². The quantitative estimate of drug-likeness (QED) is 0.0340. The Morgan fingerprint density at radius 3 is 1.50 bits per heavy atom. The average molecular weight is 988 g/mol. The van der Waals surface area contributed by atoms with E-state index in [0.29, 0.717) is 37.0 Å².